The molecule has 1 aromatic carbocycles. The van der Waals surface area contributed by atoms with Crippen LogP contribution in [-0.2, 0) is 14.4 Å². The number of hydrogen-bond acceptors (Lipinski definition) is 6. The first kappa shape index (κ1) is 31.4. The van der Waals surface area contributed by atoms with E-state index in [1.54, 1.807) is 43.3 Å². The number of hydroxylamine groups is 2. The topological polar surface area (TPSA) is 119 Å². The molecule has 1 aliphatic heterocycles. The normalized spacial score (nSPS) is 18.1. The van der Waals surface area contributed by atoms with Gasteiger partial charge in [-0.05, 0) is 42.0 Å². The first-order valence-electron chi connectivity index (χ1n) is 14.4. The maximum atomic E-state index is 13.7. The second-order valence-corrected chi connectivity index (χ2v) is 12.5. The minimum absolute atomic E-state index is 0.0585. The lowest BCUT2D eigenvalue weighted by atomic mass is 9.84. The summed E-state index contributed by atoms with van der Waals surface area (Å²) in [5.41, 5.74) is 0.0594. The van der Waals surface area contributed by atoms with Crippen LogP contribution in [0.25, 0.3) is 0 Å². The van der Waals surface area contributed by atoms with Gasteiger partial charge in [-0.2, -0.15) is 0 Å². The van der Waals surface area contributed by atoms with Crippen molar-refractivity contribution in [1.82, 2.24) is 20.2 Å². The number of piperidine rings is 1. The van der Waals surface area contributed by atoms with Gasteiger partial charge in [0.15, 0.2) is 0 Å². The molecule has 1 aliphatic carbocycles. The summed E-state index contributed by atoms with van der Waals surface area (Å²) in [6.45, 7) is 6.68. The van der Waals surface area contributed by atoms with E-state index in [2.05, 4.69) is 5.32 Å². The van der Waals surface area contributed by atoms with E-state index in [1.165, 1.54) is 4.90 Å². The monoisotopic (exact) mass is 558 g/mol. The van der Waals surface area contributed by atoms with Crippen LogP contribution in [-0.4, -0.2) is 90.1 Å². The molecule has 0 aromatic heterocycles. The van der Waals surface area contributed by atoms with Crippen LogP contribution in [0.15, 0.2) is 24.3 Å². The predicted molar refractivity (Wildman–Crippen MR) is 151 cm³/mol. The highest BCUT2D eigenvalue weighted by Crippen LogP contribution is 2.31. The molecule has 2 fully saturated rings. The summed E-state index contributed by atoms with van der Waals surface area (Å²) in [6.07, 6.45) is 6.45. The molecule has 2 N–H and O–H groups in total. The zero-order chi connectivity index (χ0) is 29.4. The molecule has 10 heteroatoms. The Morgan fingerprint density at radius 2 is 1.68 bits per heavy atom. The molecule has 10 nitrogen and oxygen atoms in total. The predicted octanol–water partition coefficient (Wildman–Crippen LogP) is 3.33. The molecule has 40 heavy (non-hydrogen) atoms. The van der Waals surface area contributed by atoms with Gasteiger partial charge in [0.25, 0.3) is 5.91 Å². The first-order chi connectivity index (χ1) is 18.9. The third kappa shape index (κ3) is 8.68. The molecule has 2 aliphatic rings. The van der Waals surface area contributed by atoms with E-state index in [-0.39, 0.29) is 30.4 Å². The van der Waals surface area contributed by atoms with Gasteiger partial charge in [-0.15, -0.1) is 0 Å². The van der Waals surface area contributed by atoms with E-state index in [1.807, 2.05) is 20.8 Å². The number of rotatable bonds is 11. The van der Waals surface area contributed by atoms with Crippen molar-refractivity contribution in [2.24, 2.45) is 17.3 Å². The van der Waals surface area contributed by atoms with Gasteiger partial charge in [-0.3, -0.25) is 24.4 Å². The highest BCUT2D eigenvalue weighted by Gasteiger charge is 2.39. The second-order valence-electron chi connectivity index (χ2n) is 12.5. The van der Waals surface area contributed by atoms with Crippen molar-refractivity contribution in [3.05, 3.63) is 29.8 Å². The van der Waals surface area contributed by atoms with Crippen molar-refractivity contribution in [3.63, 3.8) is 0 Å². The third-order valence-corrected chi connectivity index (χ3v) is 7.96. The summed E-state index contributed by atoms with van der Waals surface area (Å²) < 4.78 is 6.12. The quantitative estimate of drug-likeness (QED) is 0.244. The van der Waals surface area contributed by atoms with Crippen LogP contribution in [0.1, 0.15) is 76.1 Å². The molecule has 3 rings (SSSR count). The number of nitrogens with one attached hydrogen (secondary N) is 1. The van der Waals surface area contributed by atoms with Crippen molar-refractivity contribution in [3.8, 4) is 5.75 Å². The summed E-state index contributed by atoms with van der Waals surface area (Å²) >= 11 is 0. The minimum atomic E-state index is -0.742. The number of hydrogen-bond donors (Lipinski definition) is 2. The van der Waals surface area contributed by atoms with E-state index >= 15 is 0 Å². The molecule has 0 radical (unpaired) electrons. The van der Waals surface area contributed by atoms with Crippen LogP contribution in [0.4, 0.5) is 0 Å². The number of carbonyl (C=O) groups is 4. The molecule has 2 atom stereocenters. The number of benzene rings is 1. The summed E-state index contributed by atoms with van der Waals surface area (Å²) in [6, 6.07) is 6.34. The maximum Gasteiger partial charge on any atom is 0.253 e. The number of likely N-dealkylation sites (tertiary alicyclic amines) is 1. The van der Waals surface area contributed by atoms with Crippen LogP contribution in [0, 0.1) is 17.3 Å². The number of ether oxygens (including phenoxy) is 1. The van der Waals surface area contributed by atoms with Gasteiger partial charge in [0, 0.05) is 45.6 Å². The van der Waals surface area contributed by atoms with Gasteiger partial charge in [0.05, 0.1) is 12.5 Å². The van der Waals surface area contributed by atoms with Crippen LogP contribution in [0.5, 0.6) is 5.75 Å². The molecule has 222 valence electrons. The van der Waals surface area contributed by atoms with Gasteiger partial charge in [-0.1, -0.05) is 46.5 Å². The lowest BCUT2D eigenvalue weighted by Crippen LogP contribution is -2.58. The van der Waals surface area contributed by atoms with Crippen LogP contribution in [0.3, 0.4) is 0 Å². The zero-order valence-electron chi connectivity index (χ0n) is 24.6. The first-order valence-corrected chi connectivity index (χ1v) is 14.4. The Morgan fingerprint density at radius 1 is 1.07 bits per heavy atom. The van der Waals surface area contributed by atoms with Gasteiger partial charge in [-0.25, -0.2) is 5.06 Å². The summed E-state index contributed by atoms with van der Waals surface area (Å²) in [7, 11) is 3.42. The highest BCUT2D eigenvalue weighted by atomic mass is 16.5. The molecule has 0 bridgehead atoms. The highest BCUT2D eigenvalue weighted by molar-refractivity contribution is 5.94. The molecular weight excluding hydrogens is 512 g/mol. The molecule has 0 spiro atoms. The van der Waals surface area contributed by atoms with Crippen molar-refractivity contribution < 1.29 is 29.1 Å². The molecule has 1 saturated carbocycles. The van der Waals surface area contributed by atoms with Gasteiger partial charge in [0.2, 0.25) is 18.2 Å². The zero-order valence-corrected chi connectivity index (χ0v) is 24.6. The third-order valence-electron chi connectivity index (χ3n) is 7.96. The van der Waals surface area contributed by atoms with E-state index < -0.39 is 17.4 Å². The van der Waals surface area contributed by atoms with E-state index in [0.717, 1.165) is 25.7 Å². The van der Waals surface area contributed by atoms with Crippen LogP contribution >= 0.6 is 0 Å². The molecule has 1 heterocycles. The van der Waals surface area contributed by atoms with E-state index in [4.69, 9.17) is 4.74 Å². The van der Waals surface area contributed by atoms with Crippen molar-refractivity contribution in [1.29, 1.82) is 0 Å². The maximum absolute atomic E-state index is 13.7. The number of amides is 4. The fourth-order valence-corrected chi connectivity index (χ4v) is 5.59. The number of nitrogens with zero attached hydrogens (tertiary/aromatic N) is 3. The molecular formula is C30H46N4O6. The summed E-state index contributed by atoms with van der Waals surface area (Å²) in [5, 5.41) is 13.3. The van der Waals surface area contributed by atoms with Gasteiger partial charge in [0.1, 0.15) is 17.9 Å². The Balaban J connectivity index is 1.59. The van der Waals surface area contributed by atoms with Crippen LogP contribution in [0.2, 0.25) is 0 Å². The molecule has 1 aromatic rings. The Labute approximate surface area is 238 Å². The Morgan fingerprint density at radius 3 is 2.20 bits per heavy atom. The SMILES string of the molecule is CN(C)C(=O)c1ccc(OC2CCN(C(=O)[C@@H](NC(=O)C(CC3CCCC3)CN(O)C=O)C(C)(C)C)CC2)cc1. The molecule has 1 unspecified atom stereocenters. The van der Waals surface area contributed by atoms with Crippen LogP contribution < -0.4 is 10.1 Å². The second kappa shape index (κ2) is 14.0. The standard InChI is InChI=1S/C30H46N4O6/c1-30(2,3)26(31-27(36)23(19-34(39)20-35)18-21-8-6-7-9-21)29(38)33-16-14-25(15-17-33)40-24-12-10-22(11-13-24)28(37)32(4)5/h10-13,20-21,23,25-26,39H,6-9,14-19H2,1-5H3,(H,31,36)/t23?,26-/m1/s1. The smallest absolute Gasteiger partial charge is 0.253 e. The van der Waals surface area contributed by atoms with Crippen molar-refractivity contribution in [2.45, 2.75) is 77.9 Å². The summed E-state index contributed by atoms with van der Waals surface area (Å²) in [5.74, 6) is -0.0439. The average Bonchev–Trinajstić information content (AvgIpc) is 3.43. The van der Waals surface area contributed by atoms with E-state index in [0.29, 0.717) is 61.1 Å². The molecule has 1 saturated heterocycles. The van der Waals surface area contributed by atoms with Crippen molar-refractivity contribution in [2.75, 3.05) is 33.7 Å². The fraction of sp³-hybridized carbons (Fsp3) is 0.667. The average molecular weight is 559 g/mol. The lowest BCUT2D eigenvalue weighted by molar-refractivity contribution is -0.156. The Bertz CT molecular complexity index is 1010. The van der Waals surface area contributed by atoms with Crippen molar-refractivity contribution >= 4 is 24.1 Å². The van der Waals surface area contributed by atoms with E-state index in [9.17, 15) is 24.4 Å². The van der Waals surface area contributed by atoms with Gasteiger partial charge < -0.3 is 19.9 Å². The largest absolute Gasteiger partial charge is 0.490 e. The molecule has 4 amide bonds. The summed E-state index contributed by atoms with van der Waals surface area (Å²) in [4.78, 5) is 53.6. The lowest BCUT2D eigenvalue weighted by Gasteiger charge is -2.39. The minimum Gasteiger partial charge on any atom is -0.490 e. The fourth-order valence-electron chi connectivity index (χ4n) is 5.59. The Hall–Kier alpha value is -3.14. The van der Waals surface area contributed by atoms with Gasteiger partial charge >= 0.3 is 0 Å². The Kier molecular flexibility index (Phi) is 11.0. The number of carbonyl (C=O) groups excluding carboxylic acids is 4.